The van der Waals surface area contributed by atoms with Gasteiger partial charge in [-0.05, 0) is 55.8 Å². The van der Waals surface area contributed by atoms with Crippen LogP contribution in [0.2, 0.25) is 0 Å². The zero-order valence-corrected chi connectivity index (χ0v) is 15.8. The summed E-state index contributed by atoms with van der Waals surface area (Å²) in [6.07, 6.45) is 3.03. The molecule has 0 aliphatic carbocycles. The van der Waals surface area contributed by atoms with E-state index in [0.717, 1.165) is 32.5 Å². The van der Waals surface area contributed by atoms with Crippen LogP contribution in [0.1, 0.15) is 36.5 Å². The number of H-pyrrole nitrogens is 2. The highest BCUT2D eigenvalue weighted by Gasteiger charge is 2.22. The first-order chi connectivity index (χ1) is 13.6. The van der Waals surface area contributed by atoms with Crippen molar-refractivity contribution < 1.29 is 9.50 Å². The second kappa shape index (κ2) is 8.29. The Morgan fingerprint density at radius 2 is 1.93 bits per heavy atom. The summed E-state index contributed by atoms with van der Waals surface area (Å²) in [7, 11) is 0. The lowest BCUT2D eigenvalue weighted by atomic mass is 9.91. The number of fused-ring (bicyclic) bond motifs is 1. The molecule has 0 spiro atoms. The highest BCUT2D eigenvalue weighted by molar-refractivity contribution is 5.75. The number of nitrogens with zero attached hydrogens (tertiary/aromatic N) is 1. The first kappa shape index (κ1) is 18.9. The molecule has 4 rings (SSSR count). The summed E-state index contributed by atoms with van der Waals surface area (Å²) in [5, 5.41) is 10.5. The van der Waals surface area contributed by atoms with Crippen molar-refractivity contribution in [2.24, 2.45) is 5.92 Å². The van der Waals surface area contributed by atoms with Gasteiger partial charge in [0, 0.05) is 18.7 Å². The van der Waals surface area contributed by atoms with Gasteiger partial charge in [-0.1, -0.05) is 30.3 Å². The molecular formula is C22H26FN3O2. The maximum Gasteiger partial charge on any atom is 0.323 e. The van der Waals surface area contributed by atoms with Crippen molar-refractivity contribution in [2.45, 2.75) is 31.8 Å². The third-order valence-electron chi connectivity index (χ3n) is 5.68. The van der Waals surface area contributed by atoms with Crippen LogP contribution in [0, 0.1) is 11.7 Å². The van der Waals surface area contributed by atoms with E-state index in [1.54, 1.807) is 0 Å². The van der Waals surface area contributed by atoms with Crippen LogP contribution >= 0.6 is 0 Å². The van der Waals surface area contributed by atoms with Gasteiger partial charge in [-0.15, -0.1) is 0 Å². The summed E-state index contributed by atoms with van der Waals surface area (Å²) in [6, 6.07) is 13.3. The first-order valence-electron chi connectivity index (χ1n) is 9.94. The van der Waals surface area contributed by atoms with Crippen molar-refractivity contribution in [1.29, 1.82) is 0 Å². The van der Waals surface area contributed by atoms with Crippen LogP contribution in [0.15, 0.2) is 47.3 Å². The van der Waals surface area contributed by atoms with Crippen LogP contribution in [-0.2, 0) is 6.42 Å². The smallest absolute Gasteiger partial charge is 0.323 e. The van der Waals surface area contributed by atoms with Gasteiger partial charge in [-0.25, -0.2) is 9.18 Å². The van der Waals surface area contributed by atoms with Crippen molar-refractivity contribution >= 4 is 11.0 Å². The molecule has 28 heavy (non-hydrogen) atoms. The molecule has 0 radical (unpaired) electrons. The summed E-state index contributed by atoms with van der Waals surface area (Å²) in [5.74, 6) is 0.127. The van der Waals surface area contributed by atoms with Crippen LogP contribution < -0.4 is 5.69 Å². The van der Waals surface area contributed by atoms with E-state index in [4.69, 9.17) is 0 Å². The molecular weight excluding hydrogens is 357 g/mol. The molecule has 148 valence electrons. The molecule has 3 N–H and O–H groups in total. The molecule has 2 aromatic carbocycles. The molecule has 1 saturated heterocycles. The minimum Gasteiger partial charge on any atom is -0.388 e. The SMILES string of the molecule is O=c1[nH]c2cc(F)c(C(O)CCN3CCC[C@H](Cc4ccccc4)C3)cc2[nH]1. The highest BCUT2D eigenvalue weighted by Crippen LogP contribution is 2.26. The van der Waals surface area contributed by atoms with E-state index in [1.807, 2.05) is 6.07 Å². The minimum atomic E-state index is -0.891. The Labute approximate surface area is 163 Å². The number of aliphatic hydroxyl groups excluding tert-OH is 1. The molecule has 0 saturated carbocycles. The summed E-state index contributed by atoms with van der Waals surface area (Å²) in [6.45, 7) is 2.76. The molecule has 1 unspecified atom stereocenters. The number of aromatic nitrogens is 2. The van der Waals surface area contributed by atoms with Crippen LogP contribution in [0.5, 0.6) is 0 Å². The monoisotopic (exact) mass is 383 g/mol. The van der Waals surface area contributed by atoms with Crippen molar-refractivity contribution in [3.05, 3.63) is 69.9 Å². The van der Waals surface area contributed by atoms with E-state index in [9.17, 15) is 14.3 Å². The fourth-order valence-electron chi connectivity index (χ4n) is 4.26. The zero-order chi connectivity index (χ0) is 19.5. The number of aromatic amines is 2. The predicted molar refractivity (Wildman–Crippen MR) is 108 cm³/mol. The average Bonchev–Trinajstić information content (AvgIpc) is 3.05. The summed E-state index contributed by atoms with van der Waals surface area (Å²) in [4.78, 5) is 18.9. The number of rotatable bonds is 6. The predicted octanol–water partition coefficient (Wildman–Crippen LogP) is 3.37. The van der Waals surface area contributed by atoms with E-state index in [1.165, 1.54) is 24.1 Å². The van der Waals surface area contributed by atoms with Gasteiger partial charge in [0.2, 0.25) is 0 Å². The maximum atomic E-state index is 14.3. The number of imidazole rings is 1. The molecule has 3 aromatic rings. The number of benzene rings is 2. The van der Waals surface area contributed by atoms with Gasteiger partial charge in [-0.2, -0.15) is 0 Å². The van der Waals surface area contributed by atoms with Crippen LogP contribution in [0.3, 0.4) is 0 Å². The van der Waals surface area contributed by atoms with Gasteiger partial charge < -0.3 is 20.0 Å². The van der Waals surface area contributed by atoms with E-state index in [0.29, 0.717) is 23.4 Å². The third kappa shape index (κ3) is 4.34. The number of hydrogen-bond donors (Lipinski definition) is 3. The molecule has 0 bridgehead atoms. The van der Waals surface area contributed by atoms with Crippen molar-refractivity contribution in [2.75, 3.05) is 19.6 Å². The lowest BCUT2D eigenvalue weighted by Crippen LogP contribution is -2.37. The number of nitrogens with one attached hydrogen (secondary N) is 2. The summed E-state index contributed by atoms with van der Waals surface area (Å²) < 4.78 is 14.3. The Hall–Kier alpha value is -2.44. The molecule has 2 atom stereocenters. The number of aliphatic hydroxyl groups is 1. The molecule has 2 heterocycles. The Morgan fingerprint density at radius 3 is 2.71 bits per heavy atom. The molecule has 1 fully saturated rings. The standard InChI is InChI=1S/C22H26FN3O2/c23-18-13-20-19(24-22(28)25-20)12-17(18)21(27)8-10-26-9-4-7-16(14-26)11-15-5-2-1-3-6-15/h1-3,5-6,12-13,16,21,27H,4,7-11,14H2,(H2,24,25,28)/t16-,21?/m1/s1. The van der Waals surface area contributed by atoms with Gasteiger partial charge >= 0.3 is 5.69 Å². The summed E-state index contributed by atoms with van der Waals surface area (Å²) in [5.41, 5.74) is 2.16. The number of piperidine rings is 1. The Balaban J connectivity index is 1.36. The van der Waals surface area contributed by atoms with E-state index < -0.39 is 11.9 Å². The van der Waals surface area contributed by atoms with Crippen LogP contribution in [0.4, 0.5) is 4.39 Å². The minimum absolute atomic E-state index is 0.237. The topological polar surface area (TPSA) is 72.1 Å². The fourth-order valence-corrected chi connectivity index (χ4v) is 4.26. The molecule has 6 heteroatoms. The van der Waals surface area contributed by atoms with Gasteiger partial charge in [0.1, 0.15) is 5.82 Å². The van der Waals surface area contributed by atoms with Gasteiger partial charge in [0.25, 0.3) is 0 Å². The van der Waals surface area contributed by atoms with Crippen LogP contribution in [-0.4, -0.2) is 39.6 Å². The van der Waals surface area contributed by atoms with E-state index >= 15 is 0 Å². The Bertz CT molecular complexity index is 982. The van der Waals surface area contributed by atoms with E-state index in [-0.39, 0.29) is 11.3 Å². The normalized spacial score (nSPS) is 19.1. The third-order valence-corrected chi connectivity index (χ3v) is 5.68. The second-order valence-corrected chi connectivity index (χ2v) is 7.80. The van der Waals surface area contributed by atoms with Gasteiger partial charge in [-0.3, -0.25) is 0 Å². The number of likely N-dealkylation sites (tertiary alicyclic amines) is 1. The number of halogens is 1. The highest BCUT2D eigenvalue weighted by atomic mass is 19.1. The number of hydrogen-bond acceptors (Lipinski definition) is 3. The largest absolute Gasteiger partial charge is 0.388 e. The lowest BCUT2D eigenvalue weighted by Gasteiger charge is -2.33. The molecule has 1 aromatic heterocycles. The Kier molecular flexibility index (Phi) is 5.59. The molecule has 1 aliphatic heterocycles. The van der Waals surface area contributed by atoms with Crippen molar-refractivity contribution in [1.82, 2.24) is 14.9 Å². The van der Waals surface area contributed by atoms with Crippen LogP contribution in [0.25, 0.3) is 11.0 Å². The second-order valence-electron chi connectivity index (χ2n) is 7.80. The molecule has 1 aliphatic rings. The maximum absolute atomic E-state index is 14.3. The lowest BCUT2D eigenvalue weighted by molar-refractivity contribution is 0.116. The Morgan fingerprint density at radius 1 is 1.18 bits per heavy atom. The van der Waals surface area contributed by atoms with Gasteiger partial charge in [0.15, 0.2) is 0 Å². The van der Waals surface area contributed by atoms with Crippen molar-refractivity contribution in [3.63, 3.8) is 0 Å². The first-order valence-corrected chi connectivity index (χ1v) is 9.94. The average molecular weight is 383 g/mol. The summed E-state index contributed by atoms with van der Waals surface area (Å²) >= 11 is 0. The fraction of sp³-hybridized carbons (Fsp3) is 0.409. The van der Waals surface area contributed by atoms with Crippen molar-refractivity contribution in [3.8, 4) is 0 Å². The quantitative estimate of drug-likeness (QED) is 0.611. The van der Waals surface area contributed by atoms with E-state index in [2.05, 4.69) is 39.1 Å². The van der Waals surface area contributed by atoms with Gasteiger partial charge in [0.05, 0.1) is 17.1 Å². The molecule has 0 amide bonds. The zero-order valence-electron chi connectivity index (χ0n) is 15.8. The molecule has 5 nitrogen and oxygen atoms in total.